The minimum atomic E-state index is -4.36. The van der Waals surface area contributed by atoms with Gasteiger partial charge in [0.1, 0.15) is 10.8 Å². The zero-order valence-electron chi connectivity index (χ0n) is 17.3. The van der Waals surface area contributed by atoms with Crippen molar-refractivity contribution < 1.29 is 27.8 Å². The van der Waals surface area contributed by atoms with Gasteiger partial charge in [0.05, 0.1) is 15.8 Å². The molecule has 33 heavy (non-hydrogen) atoms. The smallest absolute Gasteiger partial charge is 0.416 e. The van der Waals surface area contributed by atoms with Crippen molar-refractivity contribution in [3.8, 4) is 16.3 Å². The van der Waals surface area contributed by atoms with Crippen LogP contribution in [0.2, 0.25) is 0 Å². The van der Waals surface area contributed by atoms with Crippen molar-refractivity contribution in [1.29, 1.82) is 0 Å². The van der Waals surface area contributed by atoms with Gasteiger partial charge in [-0.15, -0.1) is 23.1 Å². The van der Waals surface area contributed by atoms with Crippen LogP contribution < -0.4 is 4.74 Å². The van der Waals surface area contributed by atoms with E-state index in [4.69, 9.17) is 9.84 Å². The minimum absolute atomic E-state index is 0.494. The predicted octanol–water partition coefficient (Wildman–Crippen LogP) is 7.13. The number of alkyl halides is 3. The third-order valence-corrected chi connectivity index (χ3v) is 6.97. The monoisotopic (exact) mass is 489 g/mol. The van der Waals surface area contributed by atoms with Crippen LogP contribution >= 0.6 is 23.1 Å². The third kappa shape index (κ3) is 5.66. The molecule has 0 aliphatic heterocycles. The second-order valence-electron chi connectivity index (χ2n) is 7.25. The molecule has 1 atom stereocenters. The number of ether oxygens (including phenoxy) is 1. The van der Waals surface area contributed by atoms with Crippen LogP contribution in [0.3, 0.4) is 0 Å². The number of fused-ring (bicyclic) bond motifs is 1. The maximum absolute atomic E-state index is 12.8. The van der Waals surface area contributed by atoms with Crippen LogP contribution in [0.25, 0.3) is 20.8 Å². The van der Waals surface area contributed by atoms with Gasteiger partial charge in [0.2, 0.25) is 0 Å². The molecule has 3 aromatic carbocycles. The van der Waals surface area contributed by atoms with Gasteiger partial charge in [-0.05, 0) is 61.0 Å². The summed E-state index contributed by atoms with van der Waals surface area (Å²) in [6, 6.07) is 18.2. The second-order valence-corrected chi connectivity index (χ2v) is 9.33. The van der Waals surface area contributed by atoms with Crippen LogP contribution in [-0.4, -0.2) is 22.2 Å². The lowest BCUT2D eigenvalue weighted by atomic mass is 10.1. The molecule has 0 saturated heterocycles. The number of thiazole rings is 1. The number of rotatable bonds is 7. The molecule has 1 unspecified atom stereocenters. The molecule has 0 radical (unpaired) electrons. The second kappa shape index (κ2) is 9.44. The van der Waals surface area contributed by atoms with Crippen LogP contribution in [0.1, 0.15) is 18.1 Å². The lowest BCUT2D eigenvalue weighted by Crippen LogP contribution is -2.22. The first-order valence-corrected chi connectivity index (χ1v) is 11.7. The number of aromatic nitrogens is 1. The molecular formula is C24H18F3NO3S2. The van der Waals surface area contributed by atoms with Crippen molar-refractivity contribution in [3.63, 3.8) is 0 Å². The Morgan fingerprint density at radius 2 is 1.79 bits per heavy atom. The Morgan fingerprint density at radius 3 is 2.42 bits per heavy atom. The summed E-state index contributed by atoms with van der Waals surface area (Å²) in [5, 5.41) is 9.59. The Balaban J connectivity index is 1.43. The van der Waals surface area contributed by atoms with Crippen molar-refractivity contribution in [1.82, 2.24) is 4.98 Å². The molecule has 1 aromatic heterocycles. The van der Waals surface area contributed by atoms with Gasteiger partial charge in [0.25, 0.3) is 0 Å². The maximum atomic E-state index is 12.8. The quantitative estimate of drug-likeness (QED) is 0.280. The fraction of sp³-hybridized carbons (Fsp3) is 0.167. The summed E-state index contributed by atoms with van der Waals surface area (Å²) in [5.74, 6) is 0.177. The molecule has 0 bridgehead atoms. The number of thioether (sulfide) groups is 1. The molecule has 0 fully saturated rings. The molecule has 0 amide bonds. The lowest BCUT2D eigenvalue weighted by Gasteiger charge is -2.10. The highest BCUT2D eigenvalue weighted by atomic mass is 32.2. The highest BCUT2D eigenvalue weighted by Crippen LogP contribution is 2.35. The van der Waals surface area contributed by atoms with Crippen LogP contribution in [0.15, 0.2) is 71.6 Å². The fourth-order valence-corrected chi connectivity index (χ4v) is 4.82. The Kier molecular flexibility index (Phi) is 6.62. The van der Waals surface area contributed by atoms with Crippen molar-refractivity contribution in [2.75, 3.05) is 0 Å². The number of nitrogens with zero attached hydrogens (tertiary/aromatic N) is 1. The van der Waals surface area contributed by atoms with Crippen LogP contribution in [0.5, 0.6) is 5.75 Å². The Labute approximate surface area is 196 Å². The molecule has 0 aliphatic rings. The number of carboxylic acids is 1. The summed E-state index contributed by atoms with van der Waals surface area (Å²) in [6.45, 7) is 1.47. The predicted molar refractivity (Wildman–Crippen MR) is 124 cm³/mol. The van der Waals surface area contributed by atoms with E-state index >= 15 is 0 Å². The molecule has 4 rings (SSSR count). The molecule has 1 N–H and O–H groups in total. The Hall–Kier alpha value is -3.04. The van der Waals surface area contributed by atoms with E-state index in [1.165, 1.54) is 30.4 Å². The number of benzene rings is 3. The van der Waals surface area contributed by atoms with E-state index in [9.17, 15) is 18.0 Å². The van der Waals surface area contributed by atoms with E-state index in [0.717, 1.165) is 32.8 Å². The molecule has 0 spiro atoms. The van der Waals surface area contributed by atoms with E-state index in [0.29, 0.717) is 22.1 Å². The topological polar surface area (TPSA) is 59.4 Å². The molecule has 9 heteroatoms. The summed E-state index contributed by atoms with van der Waals surface area (Å²) in [6.07, 6.45) is -5.27. The van der Waals surface area contributed by atoms with E-state index in [-0.39, 0.29) is 0 Å². The van der Waals surface area contributed by atoms with Gasteiger partial charge >= 0.3 is 12.1 Å². The average molecular weight is 490 g/mol. The average Bonchev–Trinajstić information content (AvgIpc) is 3.21. The first-order valence-electron chi connectivity index (χ1n) is 9.88. The largest absolute Gasteiger partial charge is 0.479 e. The molecule has 170 valence electrons. The summed E-state index contributed by atoms with van der Waals surface area (Å²) in [7, 11) is 0. The van der Waals surface area contributed by atoms with Crippen molar-refractivity contribution in [2.24, 2.45) is 0 Å². The van der Waals surface area contributed by atoms with E-state index < -0.39 is 23.8 Å². The van der Waals surface area contributed by atoms with Gasteiger partial charge in [-0.2, -0.15) is 13.2 Å². The molecule has 1 heterocycles. The Morgan fingerprint density at radius 1 is 1.09 bits per heavy atom. The number of hydrogen-bond acceptors (Lipinski definition) is 5. The minimum Gasteiger partial charge on any atom is -0.479 e. The SMILES string of the molecule is CC(Oc1ccc(SCc2ccc3sc(-c4ccc(C(F)(F)F)cc4)nc3c2)cc1)C(=O)O. The summed E-state index contributed by atoms with van der Waals surface area (Å²) >= 11 is 3.06. The van der Waals surface area contributed by atoms with E-state index in [1.807, 2.05) is 30.3 Å². The van der Waals surface area contributed by atoms with Crippen LogP contribution in [-0.2, 0) is 16.7 Å². The molecule has 4 aromatic rings. The zero-order chi connectivity index (χ0) is 23.6. The van der Waals surface area contributed by atoms with Gasteiger partial charge in [0.15, 0.2) is 6.10 Å². The number of carbonyl (C=O) groups is 1. The van der Waals surface area contributed by atoms with Crippen LogP contribution in [0, 0.1) is 0 Å². The number of carboxylic acid groups (broad SMARTS) is 1. The maximum Gasteiger partial charge on any atom is 0.416 e. The summed E-state index contributed by atoms with van der Waals surface area (Å²) < 4.78 is 44.7. The van der Waals surface area contributed by atoms with Gasteiger partial charge in [-0.25, -0.2) is 9.78 Å². The summed E-state index contributed by atoms with van der Waals surface area (Å²) in [4.78, 5) is 16.5. The number of halogens is 3. The van der Waals surface area contributed by atoms with Crippen molar-refractivity contribution in [2.45, 2.75) is 29.9 Å². The van der Waals surface area contributed by atoms with Gasteiger partial charge in [0, 0.05) is 16.2 Å². The molecular weight excluding hydrogens is 471 g/mol. The Bertz CT molecular complexity index is 1270. The van der Waals surface area contributed by atoms with Gasteiger partial charge < -0.3 is 9.84 Å². The fourth-order valence-electron chi connectivity index (χ4n) is 3.02. The van der Waals surface area contributed by atoms with E-state index in [1.54, 1.807) is 23.9 Å². The number of hydrogen-bond donors (Lipinski definition) is 1. The standard InChI is InChI=1S/C24H18F3NO3S2/c1-14(23(29)30)31-18-7-9-19(10-8-18)32-13-15-2-11-21-20(12-15)28-22(33-21)16-3-5-17(6-4-16)24(25,26)27/h2-12,14H,13H2,1H3,(H,29,30). The number of aliphatic carboxylic acids is 1. The lowest BCUT2D eigenvalue weighted by molar-refractivity contribution is -0.144. The van der Waals surface area contributed by atoms with Gasteiger partial charge in [-0.1, -0.05) is 18.2 Å². The third-order valence-electron chi connectivity index (χ3n) is 4.80. The highest BCUT2D eigenvalue weighted by Gasteiger charge is 2.30. The van der Waals surface area contributed by atoms with Crippen molar-refractivity contribution in [3.05, 3.63) is 77.9 Å². The summed E-state index contributed by atoms with van der Waals surface area (Å²) in [5.41, 5.74) is 1.85. The normalized spacial score (nSPS) is 12.6. The molecule has 0 saturated carbocycles. The first-order chi connectivity index (χ1) is 15.7. The van der Waals surface area contributed by atoms with Crippen LogP contribution in [0.4, 0.5) is 13.2 Å². The van der Waals surface area contributed by atoms with Gasteiger partial charge in [-0.3, -0.25) is 0 Å². The highest BCUT2D eigenvalue weighted by molar-refractivity contribution is 7.98. The molecule has 0 aliphatic carbocycles. The van der Waals surface area contributed by atoms with Crippen molar-refractivity contribution >= 4 is 39.3 Å². The first kappa shape index (κ1) is 23.1. The molecule has 4 nitrogen and oxygen atoms in total. The van der Waals surface area contributed by atoms with E-state index in [2.05, 4.69) is 4.98 Å². The zero-order valence-corrected chi connectivity index (χ0v) is 18.9.